The Morgan fingerprint density at radius 2 is 2.00 bits per heavy atom. The van der Waals surface area contributed by atoms with Crippen LogP contribution in [0.25, 0.3) is 10.9 Å². The largest absolute Gasteiger partial charge is 0.478 e. The average Bonchev–Trinajstić information content (AvgIpc) is 2.53. The first-order valence-electron chi connectivity index (χ1n) is 5.27. The molecule has 2 aromatic rings. The highest BCUT2D eigenvalue weighted by Gasteiger charge is 2.29. The van der Waals surface area contributed by atoms with Crippen LogP contribution in [0.2, 0.25) is 0 Å². The molecule has 1 heterocycles. The SMILES string of the molecule is Cn1c(CC(F)(F)F)cc2cc(C(=O)O)c(Br)cc21. The molecule has 0 atom stereocenters. The summed E-state index contributed by atoms with van der Waals surface area (Å²) in [5.74, 6) is -1.13. The van der Waals surface area contributed by atoms with Crippen molar-refractivity contribution in [3.8, 4) is 0 Å². The van der Waals surface area contributed by atoms with Crippen molar-refractivity contribution >= 4 is 32.8 Å². The summed E-state index contributed by atoms with van der Waals surface area (Å²) < 4.78 is 39.0. The number of halogens is 4. The molecule has 0 radical (unpaired) electrons. The number of nitrogens with zero attached hydrogens (tertiary/aromatic N) is 1. The third kappa shape index (κ3) is 2.75. The molecule has 0 amide bonds. The van der Waals surface area contributed by atoms with E-state index in [1.165, 1.54) is 29.8 Å². The van der Waals surface area contributed by atoms with Crippen LogP contribution in [-0.2, 0) is 13.5 Å². The van der Waals surface area contributed by atoms with Gasteiger partial charge in [-0.1, -0.05) is 0 Å². The first-order valence-corrected chi connectivity index (χ1v) is 6.06. The van der Waals surface area contributed by atoms with Gasteiger partial charge in [-0.15, -0.1) is 0 Å². The van der Waals surface area contributed by atoms with Crippen LogP contribution < -0.4 is 0 Å². The van der Waals surface area contributed by atoms with Crippen LogP contribution in [0.3, 0.4) is 0 Å². The first kappa shape index (κ1) is 13.9. The lowest BCUT2D eigenvalue weighted by atomic mass is 10.1. The number of carbonyl (C=O) groups is 1. The molecule has 0 spiro atoms. The predicted octanol–water partition coefficient (Wildman–Crippen LogP) is 3.74. The van der Waals surface area contributed by atoms with Gasteiger partial charge in [-0.05, 0) is 34.1 Å². The minimum atomic E-state index is -4.30. The predicted molar refractivity (Wildman–Crippen MR) is 67.3 cm³/mol. The van der Waals surface area contributed by atoms with Gasteiger partial charge in [-0.3, -0.25) is 0 Å². The van der Waals surface area contributed by atoms with Gasteiger partial charge in [0.1, 0.15) is 0 Å². The van der Waals surface area contributed by atoms with Gasteiger partial charge in [0.15, 0.2) is 0 Å². The van der Waals surface area contributed by atoms with E-state index in [1.54, 1.807) is 0 Å². The third-order valence-electron chi connectivity index (χ3n) is 2.84. The van der Waals surface area contributed by atoms with Crippen molar-refractivity contribution in [2.75, 3.05) is 0 Å². The van der Waals surface area contributed by atoms with Crippen molar-refractivity contribution in [3.63, 3.8) is 0 Å². The topological polar surface area (TPSA) is 42.2 Å². The standard InChI is InChI=1S/C12H9BrF3NO2/c1-17-7(5-12(14,15)16)2-6-3-8(11(18)19)9(13)4-10(6)17/h2-4H,5H2,1H3,(H,18,19). The van der Waals surface area contributed by atoms with E-state index in [1.807, 2.05) is 0 Å². The molecule has 1 aromatic carbocycles. The van der Waals surface area contributed by atoms with E-state index in [-0.39, 0.29) is 11.3 Å². The van der Waals surface area contributed by atoms with Crippen molar-refractivity contribution in [3.05, 3.63) is 33.9 Å². The quantitative estimate of drug-likeness (QED) is 0.908. The molecule has 2 rings (SSSR count). The molecule has 0 aliphatic rings. The zero-order valence-electron chi connectivity index (χ0n) is 9.75. The number of benzene rings is 1. The Morgan fingerprint density at radius 3 is 2.53 bits per heavy atom. The zero-order valence-corrected chi connectivity index (χ0v) is 11.3. The Hall–Kier alpha value is -1.50. The Labute approximate surface area is 114 Å². The molecule has 19 heavy (non-hydrogen) atoms. The number of hydrogen-bond donors (Lipinski definition) is 1. The van der Waals surface area contributed by atoms with Gasteiger partial charge in [-0.2, -0.15) is 13.2 Å². The second-order valence-electron chi connectivity index (χ2n) is 4.18. The lowest BCUT2D eigenvalue weighted by Gasteiger charge is -2.07. The lowest BCUT2D eigenvalue weighted by Crippen LogP contribution is -2.14. The lowest BCUT2D eigenvalue weighted by molar-refractivity contribution is -0.128. The molecule has 1 aromatic heterocycles. The van der Waals surface area contributed by atoms with E-state index < -0.39 is 18.6 Å². The molecule has 7 heteroatoms. The van der Waals surface area contributed by atoms with Gasteiger partial charge in [0.2, 0.25) is 0 Å². The van der Waals surface area contributed by atoms with Crippen molar-refractivity contribution in [2.24, 2.45) is 7.05 Å². The van der Waals surface area contributed by atoms with Gasteiger partial charge < -0.3 is 9.67 Å². The summed E-state index contributed by atoms with van der Waals surface area (Å²) in [4.78, 5) is 11.0. The van der Waals surface area contributed by atoms with Crippen molar-refractivity contribution in [2.45, 2.75) is 12.6 Å². The number of aryl methyl sites for hydroxylation is 1. The number of fused-ring (bicyclic) bond motifs is 1. The summed E-state index contributed by atoms with van der Waals surface area (Å²) in [6.45, 7) is 0. The van der Waals surface area contributed by atoms with Gasteiger partial charge in [0.05, 0.1) is 12.0 Å². The second kappa shape index (κ2) is 4.56. The summed E-state index contributed by atoms with van der Waals surface area (Å²) >= 11 is 3.11. The van der Waals surface area contributed by atoms with E-state index in [0.717, 1.165) is 0 Å². The van der Waals surface area contributed by atoms with Gasteiger partial charge >= 0.3 is 12.1 Å². The highest BCUT2D eigenvalue weighted by molar-refractivity contribution is 9.10. The normalized spacial score (nSPS) is 12.1. The maximum Gasteiger partial charge on any atom is 0.394 e. The molecule has 0 unspecified atom stereocenters. The molecule has 0 aliphatic heterocycles. The summed E-state index contributed by atoms with van der Waals surface area (Å²) in [5.41, 5.74) is 0.671. The van der Waals surface area contributed by atoms with Gasteiger partial charge in [0.25, 0.3) is 0 Å². The van der Waals surface area contributed by atoms with E-state index >= 15 is 0 Å². The Balaban J connectivity index is 2.60. The molecule has 0 aliphatic carbocycles. The van der Waals surface area contributed by atoms with Crippen LogP contribution >= 0.6 is 15.9 Å². The van der Waals surface area contributed by atoms with E-state index in [4.69, 9.17) is 5.11 Å². The monoisotopic (exact) mass is 335 g/mol. The minimum Gasteiger partial charge on any atom is -0.478 e. The Kier molecular flexibility index (Phi) is 3.34. The maximum atomic E-state index is 12.4. The minimum absolute atomic E-state index is 0.0247. The summed E-state index contributed by atoms with van der Waals surface area (Å²) in [5, 5.41) is 9.45. The average molecular weight is 336 g/mol. The third-order valence-corrected chi connectivity index (χ3v) is 3.50. The van der Waals surface area contributed by atoms with E-state index in [2.05, 4.69) is 15.9 Å². The van der Waals surface area contributed by atoms with Crippen LogP contribution in [0, 0.1) is 0 Å². The highest BCUT2D eigenvalue weighted by atomic mass is 79.9. The molecule has 3 nitrogen and oxygen atoms in total. The zero-order chi connectivity index (χ0) is 14.4. The molecule has 1 N–H and O–H groups in total. The number of aromatic nitrogens is 1. The molecule has 0 bridgehead atoms. The summed E-state index contributed by atoms with van der Waals surface area (Å²) in [6.07, 6.45) is -5.34. The number of hydrogen-bond acceptors (Lipinski definition) is 1. The molecular weight excluding hydrogens is 327 g/mol. The number of alkyl halides is 3. The van der Waals surface area contributed by atoms with E-state index in [0.29, 0.717) is 15.4 Å². The van der Waals surface area contributed by atoms with Crippen LogP contribution in [0.4, 0.5) is 13.2 Å². The van der Waals surface area contributed by atoms with Crippen molar-refractivity contribution in [1.82, 2.24) is 4.57 Å². The van der Waals surface area contributed by atoms with Gasteiger partial charge in [0, 0.05) is 28.1 Å². The first-order chi connectivity index (χ1) is 8.69. The van der Waals surface area contributed by atoms with Crippen molar-refractivity contribution < 1.29 is 23.1 Å². The molecular formula is C12H9BrF3NO2. The number of aromatic carboxylic acids is 1. The number of carboxylic acids is 1. The molecule has 0 saturated carbocycles. The smallest absolute Gasteiger partial charge is 0.394 e. The van der Waals surface area contributed by atoms with Crippen LogP contribution in [0.1, 0.15) is 16.1 Å². The Morgan fingerprint density at radius 1 is 1.37 bits per heavy atom. The van der Waals surface area contributed by atoms with Gasteiger partial charge in [-0.25, -0.2) is 4.79 Å². The van der Waals surface area contributed by atoms with Crippen LogP contribution in [0.5, 0.6) is 0 Å². The second-order valence-corrected chi connectivity index (χ2v) is 5.04. The highest BCUT2D eigenvalue weighted by Crippen LogP contribution is 2.29. The van der Waals surface area contributed by atoms with Crippen LogP contribution in [0.15, 0.2) is 22.7 Å². The summed E-state index contributed by atoms with van der Waals surface area (Å²) in [7, 11) is 1.52. The fourth-order valence-electron chi connectivity index (χ4n) is 1.96. The molecule has 0 fully saturated rings. The van der Waals surface area contributed by atoms with E-state index in [9.17, 15) is 18.0 Å². The Bertz CT molecular complexity index is 661. The number of carboxylic acid groups (broad SMARTS) is 1. The van der Waals surface area contributed by atoms with Crippen molar-refractivity contribution in [1.29, 1.82) is 0 Å². The fraction of sp³-hybridized carbons (Fsp3) is 0.250. The van der Waals surface area contributed by atoms with Crippen LogP contribution in [-0.4, -0.2) is 21.8 Å². The molecule has 102 valence electrons. The summed E-state index contributed by atoms with van der Waals surface area (Å²) in [6, 6.07) is 4.24. The fourth-order valence-corrected chi connectivity index (χ4v) is 2.46. The molecule has 0 saturated heterocycles. The maximum absolute atomic E-state index is 12.4. The number of rotatable bonds is 2.